The van der Waals surface area contributed by atoms with Crippen LogP contribution in [0.3, 0.4) is 0 Å². The van der Waals surface area contributed by atoms with Crippen LogP contribution in [0.25, 0.3) is 10.8 Å². The molecule has 0 unspecified atom stereocenters. The lowest BCUT2D eigenvalue weighted by Gasteiger charge is -2.09. The third-order valence-electron chi connectivity index (χ3n) is 3.37. The molecule has 3 aromatic carbocycles. The average Bonchev–Trinajstić information content (AvgIpc) is 2.54. The number of amides is 1. The van der Waals surface area contributed by atoms with E-state index in [2.05, 4.69) is 11.2 Å². The van der Waals surface area contributed by atoms with Crippen molar-refractivity contribution in [3.63, 3.8) is 0 Å². The normalized spacial score (nSPS) is 10.0. The number of nitrogens with one attached hydrogen (secondary N) is 1. The molecule has 0 bridgehead atoms. The fourth-order valence-electron chi connectivity index (χ4n) is 2.33. The zero-order chi connectivity index (χ0) is 14.7. The summed E-state index contributed by atoms with van der Waals surface area (Å²) in [5.74, 6) is 2.42. The van der Waals surface area contributed by atoms with Gasteiger partial charge in [-0.2, -0.15) is 0 Å². The number of carbonyl (C=O) groups excluding carboxylic acids is 1. The van der Waals surface area contributed by atoms with Crippen LogP contribution in [0.15, 0.2) is 66.7 Å². The maximum Gasteiger partial charge on any atom is 0.256 e. The summed E-state index contributed by atoms with van der Waals surface area (Å²) in [4.78, 5) is 12.5. The van der Waals surface area contributed by atoms with E-state index in [1.807, 2.05) is 54.6 Å². The molecule has 0 aliphatic rings. The fraction of sp³-hybridized carbons (Fsp3) is 0. The van der Waals surface area contributed by atoms with Crippen molar-refractivity contribution in [2.45, 2.75) is 0 Å². The van der Waals surface area contributed by atoms with E-state index in [0.717, 1.165) is 10.8 Å². The summed E-state index contributed by atoms with van der Waals surface area (Å²) in [6.45, 7) is 0. The molecule has 100 valence electrons. The molecule has 0 fully saturated rings. The van der Waals surface area contributed by atoms with Crippen LogP contribution < -0.4 is 5.32 Å². The monoisotopic (exact) mass is 271 g/mol. The molecule has 2 nitrogen and oxygen atoms in total. The van der Waals surface area contributed by atoms with E-state index in [1.165, 1.54) is 0 Å². The van der Waals surface area contributed by atoms with Crippen LogP contribution in [0.2, 0.25) is 0 Å². The molecule has 0 aliphatic carbocycles. The van der Waals surface area contributed by atoms with Crippen LogP contribution in [0, 0.1) is 12.3 Å². The lowest BCUT2D eigenvalue weighted by molar-refractivity contribution is 0.102. The molecule has 1 amide bonds. The van der Waals surface area contributed by atoms with Crippen molar-refractivity contribution in [1.29, 1.82) is 0 Å². The van der Waals surface area contributed by atoms with Gasteiger partial charge >= 0.3 is 0 Å². The Labute approximate surface area is 123 Å². The molecule has 21 heavy (non-hydrogen) atoms. The van der Waals surface area contributed by atoms with Gasteiger partial charge in [-0.15, -0.1) is 6.42 Å². The number of hydrogen-bond acceptors (Lipinski definition) is 1. The van der Waals surface area contributed by atoms with Gasteiger partial charge in [0, 0.05) is 11.1 Å². The zero-order valence-electron chi connectivity index (χ0n) is 11.3. The van der Waals surface area contributed by atoms with Crippen LogP contribution in [-0.2, 0) is 0 Å². The summed E-state index contributed by atoms with van der Waals surface area (Å²) < 4.78 is 0. The average molecular weight is 271 g/mol. The minimum absolute atomic E-state index is 0.158. The van der Waals surface area contributed by atoms with Gasteiger partial charge in [0.1, 0.15) is 0 Å². The SMILES string of the molecule is C#Cc1ccccc1NC(=O)c1cccc2ccccc12. The summed E-state index contributed by atoms with van der Waals surface area (Å²) in [6.07, 6.45) is 5.45. The number of terminal acetylenes is 1. The Balaban J connectivity index is 2.00. The highest BCUT2D eigenvalue weighted by molar-refractivity contribution is 6.13. The van der Waals surface area contributed by atoms with Crippen LogP contribution in [0.4, 0.5) is 5.69 Å². The highest BCUT2D eigenvalue weighted by atomic mass is 16.1. The van der Waals surface area contributed by atoms with Crippen molar-refractivity contribution in [2.24, 2.45) is 0 Å². The van der Waals surface area contributed by atoms with Gasteiger partial charge in [-0.1, -0.05) is 54.5 Å². The van der Waals surface area contributed by atoms with Gasteiger partial charge in [0.2, 0.25) is 0 Å². The van der Waals surface area contributed by atoms with Crippen molar-refractivity contribution in [1.82, 2.24) is 0 Å². The highest BCUT2D eigenvalue weighted by Gasteiger charge is 2.11. The van der Waals surface area contributed by atoms with E-state index in [4.69, 9.17) is 6.42 Å². The first kappa shape index (κ1) is 13.0. The van der Waals surface area contributed by atoms with Gasteiger partial charge in [-0.25, -0.2) is 0 Å². The molecule has 0 heterocycles. The third kappa shape index (κ3) is 2.50. The summed E-state index contributed by atoms with van der Waals surface area (Å²) in [6, 6.07) is 20.8. The summed E-state index contributed by atoms with van der Waals surface area (Å²) >= 11 is 0. The summed E-state index contributed by atoms with van der Waals surface area (Å²) in [5, 5.41) is 4.85. The molecule has 3 aromatic rings. The molecule has 2 heteroatoms. The van der Waals surface area contributed by atoms with Crippen molar-refractivity contribution >= 4 is 22.4 Å². The molecule has 0 atom stereocenters. The number of para-hydroxylation sites is 1. The van der Waals surface area contributed by atoms with Crippen molar-refractivity contribution in [3.8, 4) is 12.3 Å². The van der Waals surface area contributed by atoms with E-state index in [-0.39, 0.29) is 5.91 Å². The molecule has 1 N–H and O–H groups in total. The Morgan fingerprint density at radius 3 is 2.48 bits per heavy atom. The quantitative estimate of drug-likeness (QED) is 0.699. The van der Waals surface area contributed by atoms with Gasteiger partial charge in [0.25, 0.3) is 5.91 Å². The van der Waals surface area contributed by atoms with E-state index >= 15 is 0 Å². The van der Waals surface area contributed by atoms with Crippen LogP contribution >= 0.6 is 0 Å². The van der Waals surface area contributed by atoms with Crippen LogP contribution in [0.5, 0.6) is 0 Å². The van der Waals surface area contributed by atoms with E-state index in [1.54, 1.807) is 12.1 Å². The predicted octanol–water partition coefficient (Wildman–Crippen LogP) is 4.07. The molecule has 0 saturated heterocycles. The minimum atomic E-state index is -0.158. The molecule has 0 spiro atoms. The van der Waals surface area contributed by atoms with E-state index < -0.39 is 0 Å². The van der Waals surface area contributed by atoms with Gasteiger partial charge in [0.05, 0.1) is 5.69 Å². The molecule has 3 rings (SSSR count). The Morgan fingerprint density at radius 2 is 1.62 bits per heavy atom. The molecule has 0 saturated carbocycles. The maximum atomic E-state index is 12.5. The number of carbonyl (C=O) groups is 1. The molecular formula is C19H13NO. The summed E-state index contributed by atoms with van der Waals surface area (Å²) in [5.41, 5.74) is 1.96. The first-order valence-electron chi connectivity index (χ1n) is 6.64. The smallest absolute Gasteiger partial charge is 0.256 e. The molecule has 0 radical (unpaired) electrons. The minimum Gasteiger partial charge on any atom is -0.321 e. The molecule has 0 aromatic heterocycles. The Kier molecular flexibility index (Phi) is 3.41. The zero-order valence-corrected chi connectivity index (χ0v) is 11.3. The largest absolute Gasteiger partial charge is 0.321 e. The van der Waals surface area contributed by atoms with Gasteiger partial charge in [0.15, 0.2) is 0 Å². The number of fused-ring (bicyclic) bond motifs is 1. The van der Waals surface area contributed by atoms with Crippen molar-refractivity contribution in [3.05, 3.63) is 77.9 Å². The maximum absolute atomic E-state index is 12.5. The highest BCUT2D eigenvalue weighted by Crippen LogP contribution is 2.21. The second kappa shape index (κ2) is 5.52. The topological polar surface area (TPSA) is 29.1 Å². The van der Waals surface area contributed by atoms with Gasteiger partial charge in [-0.3, -0.25) is 4.79 Å². The summed E-state index contributed by atoms with van der Waals surface area (Å²) in [7, 11) is 0. The van der Waals surface area contributed by atoms with Crippen LogP contribution in [0.1, 0.15) is 15.9 Å². The van der Waals surface area contributed by atoms with E-state index in [0.29, 0.717) is 16.8 Å². The Hall–Kier alpha value is -3.05. The number of hydrogen-bond donors (Lipinski definition) is 1. The number of rotatable bonds is 2. The Bertz CT molecular complexity index is 853. The first-order valence-corrected chi connectivity index (χ1v) is 6.64. The Morgan fingerprint density at radius 1 is 0.905 bits per heavy atom. The predicted molar refractivity (Wildman–Crippen MR) is 86.3 cm³/mol. The first-order chi connectivity index (χ1) is 10.3. The van der Waals surface area contributed by atoms with Crippen molar-refractivity contribution in [2.75, 3.05) is 5.32 Å². The molecular weight excluding hydrogens is 258 g/mol. The second-order valence-electron chi connectivity index (χ2n) is 4.67. The van der Waals surface area contributed by atoms with Gasteiger partial charge in [-0.05, 0) is 29.0 Å². The molecule has 0 aliphatic heterocycles. The number of benzene rings is 3. The standard InChI is InChI=1S/C19H13NO/c1-2-14-8-4-6-13-18(14)20-19(21)17-12-7-10-15-9-3-5-11-16(15)17/h1,3-13H,(H,20,21). The lowest BCUT2D eigenvalue weighted by Crippen LogP contribution is -2.13. The van der Waals surface area contributed by atoms with Crippen molar-refractivity contribution < 1.29 is 4.79 Å². The fourth-order valence-corrected chi connectivity index (χ4v) is 2.33. The van der Waals surface area contributed by atoms with E-state index in [9.17, 15) is 4.79 Å². The van der Waals surface area contributed by atoms with Crippen LogP contribution in [-0.4, -0.2) is 5.91 Å². The van der Waals surface area contributed by atoms with Gasteiger partial charge < -0.3 is 5.32 Å². The number of anilines is 1. The third-order valence-corrected chi connectivity index (χ3v) is 3.37. The second-order valence-corrected chi connectivity index (χ2v) is 4.67. The lowest BCUT2D eigenvalue weighted by atomic mass is 10.0.